The molecule has 0 radical (unpaired) electrons. The van der Waals surface area contributed by atoms with Gasteiger partial charge in [0.15, 0.2) is 0 Å². The summed E-state index contributed by atoms with van der Waals surface area (Å²) in [6, 6.07) is 12.1. The molecule has 3 N–H and O–H groups in total. The Morgan fingerprint density at radius 3 is 2.83 bits per heavy atom. The molecular formula is C20H25Cl3N4O2. The van der Waals surface area contributed by atoms with Crippen molar-refractivity contribution in [1.82, 2.24) is 15.4 Å². The van der Waals surface area contributed by atoms with Gasteiger partial charge in [0.25, 0.3) is 5.91 Å². The summed E-state index contributed by atoms with van der Waals surface area (Å²) in [6.07, 6.45) is 6.77. The molecule has 1 aromatic carbocycles. The third-order valence-corrected chi connectivity index (χ3v) is 4.71. The van der Waals surface area contributed by atoms with Gasteiger partial charge in [-0.25, -0.2) is 10.5 Å². The second-order valence-corrected chi connectivity index (χ2v) is 7.07. The first-order valence-corrected chi connectivity index (χ1v) is 9.32. The summed E-state index contributed by atoms with van der Waals surface area (Å²) < 4.78 is 0. The average Bonchev–Trinajstić information content (AvgIpc) is 2.67. The maximum Gasteiger partial charge on any atom is 0.267 e. The van der Waals surface area contributed by atoms with Crippen LogP contribution in [0.5, 0.6) is 0 Å². The third kappa shape index (κ3) is 8.20. The van der Waals surface area contributed by atoms with Gasteiger partial charge in [-0.2, -0.15) is 0 Å². The summed E-state index contributed by atoms with van der Waals surface area (Å²) in [5.41, 5.74) is 3.57. The molecule has 6 nitrogen and oxygen atoms in total. The zero-order valence-electron chi connectivity index (χ0n) is 15.8. The number of carbonyl (C=O) groups is 1. The summed E-state index contributed by atoms with van der Waals surface area (Å²) in [5, 5.41) is 12.7. The molecular weight excluding hydrogens is 435 g/mol. The Morgan fingerprint density at radius 2 is 2.14 bits per heavy atom. The van der Waals surface area contributed by atoms with E-state index in [4.69, 9.17) is 16.8 Å². The molecule has 1 aromatic heterocycles. The largest absolute Gasteiger partial charge is 0.366 e. The number of nitrogens with zero attached hydrogens (tertiary/aromatic N) is 2. The highest BCUT2D eigenvalue weighted by molar-refractivity contribution is 6.30. The molecule has 0 aliphatic carbocycles. The molecule has 1 aliphatic rings. The SMILES string of the molecule is Cl.Cl.O=C(C=Cc1ccc(N[C@@H]2CCCN(Cc3cccc(Cl)c3)C2)nc1)NO. The maximum absolute atomic E-state index is 11.0. The number of rotatable bonds is 6. The molecule has 1 aliphatic heterocycles. The Labute approximate surface area is 188 Å². The molecule has 2 heterocycles. The number of halogens is 3. The number of hydrogen-bond donors (Lipinski definition) is 3. The highest BCUT2D eigenvalue weighted by Crippen LogP contribution is 2.19. The topological polar surface area (TPSA) is 77.5 Å². The van der Waals surface area contributed by atoms with Gasteiger partial charge < -0.3 is 5.32 Å². The monoisotopic (exact) mass is 458 g/mol. The zero-order valence-corrected chi connectivity index (χ0v) is 18.1. The lowest BCUT2D eigenvalue weighted by molar-refractivity contribution is -0.124. The number of carbonyl (C=O) groups excluding carboxylic acids is 1. The van der Waals surface area contributed by atoms with E-state index in [1.165, 1.54) is 11.6 Å². The Kier molecular flexibility index (Phi) is 11.0. The Hall–Kier alpha value is -1.83. The second kappa shape index (κ2) is 12.7. The summed E-state index contributed by atoms with van der Waals surface area (Å²) >= 11 is 6.08. The lowest BCUT2D eigenvalue weighted by Gasteiger charge is -2.33. The smallest absolute Gasteiger partial charge is 0.267 e. The summed E-state index contributed by atoms with van der Waals surface area (Å²) in [7, 11) is 0. The van der Waals surface area contributed by atoms with E-state index >= 15 is 0 Å². The van der Waals surface area contributed by atoms with E-state index < -0.39 is 5.91 Å². The van der Waals surface area contributed by atoms with E-state index in [0.717, 1.165) is 48.9 Å². The molecule has 29 heavy (non-hydrogen) atoms. The predicted octanol–water partition coefficient (Wildman–Crippen LogP) is 4.17. The van der Waals surface area contributed by atoms with Gasteiger partial charge in [-0.05, 0) is 60.9 Å². The molecule has 1 amide bonds. The number of pyridine rings is 1. The van der Waals surface area contributed by atoms with Crippen LogP contribution in [-0.4, -0.2) is 40.1 Å². The number of piperidine rings is 1. The van der Waals surface area contributed by atoms with Gasteiger partial charge in [0, 0.05) is 36.4 Å². The third-order valence-electron chi connectivity index (χ3n) is 4.48. The normalized spacial score (nSPS) is 16.6. The van der Waals surface area contributed by atoms with Crippen LogP contribution in [0.25, 0.3) is 6.08 Å². The minimum atomic E-state index is -0.570. The number of aromatic nitrogens is 1. The molecule has 0 spiro atoms. The molecule has 158 valence electrons. The number of nitrogens with one attached hydrogen (secondary N) is 2. The van der Waals surface area contributed by atoms with Gasteiger partial charge in [0.05, 0.1) is 0 Å². The Bertz CT molecular complexity index is 803. The molecule has 1 fully saturated rings. The standard InChI is InChI=1S/C20H23ClN4O2.2ClH/c21-17-4-1-3-16(11-17)13-25-10-2-5-18(14-25)23-19-8-6-15(12-22-19)7-9-20(26)24-27;;/h1,3-4,6-9,11-12,18,27H,2,5,10,13-14H2,(H,22,23)(H,24,26);2*1H/t18-;;/m1../s1. The number of benzene rings is 1. The molecule has 0 saturated carbocycles. The molecule has 3 rings (SSSR count). The number of likely N-dealkylation sites (tertiary alicyclic amines) is 1. The van der Waals surface area contributed by atoms with E-state index in [1.807, 2.05) is 30.3 Å². The van der Waals surface area contributed by atoms with Crippen molar-refractivity contribution in [2.75, 3.05) is 18.4 Å². The van der Waals surface area contributed by atoms with Crippen LogP contribution in [0.15, 0.2) is 48.7 Å². The Morgan fingerprint density at radius 1 is 1.31 bits per heavy atom. The van der Waals surface area contributed by atoms with Crippen molar-refractivity contribution in [3.8, 4) is 0 Å². The van der Waals surface area contributed by atoms with Crippen molar-refractivity contribution in [2.45, 2.75) is 25.4 Å². The van der Waals surface area contributed by atoms with Crippen LogP contribution in [0, 0.1) is 0 Å². The van der Waals surface area contributed by atoms with E-state index in [9.17, 15) is 4.79 Å². The first-order chi connectivity index (χ1) is 13.1. The predicted molar refractivity (Wildman–Crippen MR) is 121 cm³/mol. The number of hydrogen-bond acceptors (Lipinski definition) is 5. The van der Waals surface area contributed by atoms with Crippen LogP contribution in [0.3, 0.4) is 0 Å². The maximum atomic E-state index is 11.0. The quantitative estimate of drug-likeness (QED) is 0.343. The van der Waals surface area contributed by atoms with E-state index in [0.29, 0.717) is 6.04 Å². The minimum Gasteiger partial charge on any atom is -0.366 e. The highest BCUT2D eigenvalue weighted by atomic mass is 35.5. The zero-order chi connectivity index (χ0) is 19.1. The van der Waals surface area contributed by atoms with Gasteiger partial charge >= 0.3 is 0 Å². The molecule has 0 unspecified atom stereocenters. The van der Waals surface area contributed by atoms with Crippen LogP contribution < -0.4 is 10.8 Å². The molecule has 1 atom stereocenters. The van der Waals surface area contributed by atoms with Crippen molar-refractivity contribution in [1.29, 1.82) is 0 Å². The van der Waals surface area contributed by atoms with Crippen molar-refractivity contribution in [3.63, 3.8) is 0 Å². The van der Waals surface area contributed by atoms with Crippen LogP contribution in [0.4, 0.5) is 5.82 Å². The molecule has 1 saturated heterocycles. The van der Waals surface area contributed by atoms with Crippen LogP contribution >= 0.6 is 36.4 Å². The number of amides is 1. The lowest BCUT2D eigenvalue weighted by atomic mass is 10.0. The summed E-state index contributed by atoms with van der Waals surface area (Å²) in [6.45, 7) is 2.92. The van der Waals surface area contributed by atoms with Crippen LogP contribution in [-0.2, 0) is 11.3 Å². The molecule has 9 heteroatoms. The van der Waals surface area contributed by atoms with E-state index in [2.05, 4.69) is 21.3 Å². The van der Waals surface area contributed by atoms with Gasteiger partial charge in [0.1, 0.15) is 5.82 Å². The van der Waals surface area contributed by atoms with Gasteiger partial charge in [-0.3, -0.25) is 14.9 Å². The van der Waals surface area contributed by atoms with E-state index in [-0.39, 0.29) is 24.8 Å². The fraction of sp³-hybridized carbons (Fsp3) is 0.300. The fourth-order valence-electron chi connectivity index (χ4n) is 3.22. The fourth-order valence-corrected chi connectivity index (χ4v) is 3.43. The average molecular weight is 460 g/mol. The van der Waals surface area contributed by atoms with Gasteiger partial charge in [-0.15, -0.1) is 24.8 Å². The first kappa shape index (κ1) is 25.2. The molecule has 0 bridgehead atoms. The Balaban J connectivity index is 0.00000210. The van der Waals surface area contributed by atoms with Gasteiger partial charge in [-0.1, -0.05) is 23.7 Å². The van der Waals surface area contributed by atoms with Crippen molar-refractivity contribution in [2.24, 2.45) is 0 Å². The molecule has 2 aromatic rings. The van der Waals surface area contributed by atoms with Crippen molar-refractivity contribution >= 4 is 54.2 Å². The van der Waals surface area contributed by atoms with E-state index in [1.54, 1.807) is 17.8 Å². The number of hydroxylamine groups is 1. The van der Waals surface area contributed by atoms with Crippen LogP contribution in [0.1, 0.15) is 24.0 Å². The minimum absolute atomic E-state index is 0. The van der Waals surface area contributed by atoms with Crippen molar-refractivity contribution in [3.05, 3.63) is 64.8 Å². The highest BCUT2D eigenvalue weighted by Gasteiger charge is 2.20. The summed E-state index contributed by atoms with van der Waals surface area (Å²) in [4.78, 5) is 17.8. The van der Waals surface area contributed by atoms with Crippen molar-refractivity contribution < 1.29 is 10.0 Å². The second-order valence-electron chi connectivity index (χ2n) is 6.63. The summed E-state index contributed by atoms with van der Waals surface area (Å²) in [5.74, 6) is 0.243. The van der Waals surface area contributed by atoms with Gasteiger partial charge in [0.2, 0.25) is 0 Å². The van der Waals surface area contributed by atoms with Crippen LogP contribution in [0.2, 0.25) is 5.02 Å². The first-order valence-electron chi connectivity index (χ1n) is 8.94. The lowest BCUT2D eigenvalue weighted by Crippen LogP contribution is -2.41. The number of anilines is 1.